The summed E-state index contributed by atoms with van der Waals surface area (Å²) in [5.41, 5.74) is 1.29. The van der Waals surface area contributed by atoms with Gasteiger partial charge in [0.25, 0.3) is 0 Å². The summed E-state index contributed by atoms with van der Waals surface area (Å²) < 4.78 is 13.1. The van der Waals surface area contributed by atoms with Gasteiger partial charge in [0, 0.05) is 6.42 Å². The molecule has 0 atom stereocenters. The molecule has 1 aromatic rings. The number of pyridine rings is 1. The van der Waals surface area contributed by atoms with Crippen LogP contribution in [0.3, 0.4) is 0 Å². The van der Waals surface area contributed by atoms with Crippen molar-refractivity contribution in [2.24, 2.45) is 0 Å². The number of carbonyl (C=O) groups excluding carboxylic acids is 1. The van der Waals surface area contributed by atoms with Gasteiger partial charge in [-0.25, -0.2) is 4.39 Å². The molecule has 0 amide bonds. The monoisotopic (exact) mass is 209 g/mol. The van der Waals surface area contributed by atoms with E-state index in [4.69, 9.17) is 0 Å². The zero-order valence-electron chi connectivity index (χ0n) is 9.60. The number of hydrogen-bond acceptors (Lipinski definition) is 2. The van der Waals surface area contributed by atoms with Crippen molar-refractivity contribution in [2.45, 2.75) is 39.5 Å². The topological polar surface area (TPSA) is 30.0 Å². The van der Waals surface area contributed by atoms with Crippen LogP contribution >= 0.6 is 0 Å². The summed E-state index contributed by atoms with van der Waals surface area (Å²) in [4.78, 5) is 15.0. The maximum absolute atomic E-state index is 13.1. The van der Waals surface area contributed by atoms with Gasteiger partial charge < -0.3 is 0 Å². The quantitative estimate of drug-likeness (QED) is 0.749. The Balaban J connectivity index is 3.20. The van der Waals surface area contributed by atoms with E-state index in [1.54, 1.807) is 0 Å². The van der Waals surface area contributed by atoms with Crippen molar-refractivity contribution in [2.75, 3.05) is 0 Å². The molecule has 1 aromatic heterocycles. The molecule has 0 aliphatic rings. The maximum atomic E-state index is 13.1. The maximum Gasteiger partial charge on any atom is 0.141 e. The van der Waals surface area contributed by atoms with E-state index in [2.05, 4.69) is 4.98 Å². The van der Waals surface area contributed by atoms with E-state index in [-0.39, 0.29) is 23.4 Å². The Morgan fingerprint density at radius 2 is 2.07 bits per heavy atom. The molecule has 1 heterocycles. The molecule has 0 bridgehead atoms. The Kier molecular flexibility index (Phi) is 3.22. The van der Waals surface area contributed by atoms with E-state index < -0.39 is 0 Å². The third-order valence-corrected chi connectivity index (χ3v) is 2.16. The third-order valence-electron chi connectivity index (χ3n) is 2.16. The predicted octanol–water partition coefficient (Wildman–Crippen LogP) is 2.65. The Labute approximate surface area is 89.5 Å². The molecule has 1 rings (SSSR count). The van der Waals surface area contributed by atoms with E-state index in [0.29, 0.717) is 5.69 Å². The number of aromatic nitrogens is 1. The van der Waals surface area contributed by atoms with E-state index in [9.17, 15) is 9.18 Å². The summed E-state index contributed by atoms with van der Waals surface area (Å²) in [5, 5.41) is 0. The molecule has 0 fully saturated rings. The van der Waals surface area contributed by atoms with Gasteiger partial charge in [0.1, 0.15) is 11.6 Å². The summed E-state index contributed by atoms with van der Waals surface area (Å²) in [6.45, 7) is 7.45. The molecule has 0 radical (unpaired) electrons. The van der Waals surface area contributed by atoms with Crippen molar-refractivity contribution in [1.82, 2.24) is 4.98 Å². The second-order valence-electron chi connectivity index (χ2n) is 4.78. The van der Waals surface area contributed by atoms with Crippen molar-refractivity contribution < 1.29 is 9.18 Å². The van der Waals surface area contributed by atoms with E-state index >= 15 is 0 Å². The normalized spacial score (nSPS) is 11.5. The number of Topliss-reactive ketones (excluding diaryl/α,β-unsaturated/α-hetero) is 1. The average Bonchev–Trinajstić information content (AvgIpc) is 2.05. The minimum absolute atomic E-state index is 0.0413. The summed E-state index contributed by atoms with van der Waals surface area (Å²) in [6.07, 6.45) is 1.43. The fourth-order valence-electron chi connectivity index (χ4n) is 1.49. The zero-order valence-corrected chi connectivity index (χ0v) is 9.60. The van der Waals surface area contributed by atoms with Gasteiger partial charge in [-0.05, 0) is 24.0 Å². The lowest BCUT2D eigenvalue weighted by Crippen LogP contribution is -2.17. The molecule has 15 heavy (non-hydrogen) atoms. The highest BCUT2D eigenvalue weighted by Gasteiger charge is 2.20. The lowest BCUT2D eigenvalue weighted by molar-refractivity contribution is -0.116. The molecule has 2 nitrogen and oxygen atoms in total. The summed E-state index contributed by atoms with van der Waals surface area (Å²) in [7, 11) is 0. The van der Waals surface area contributed by atoms with Crippen molar-refractivity contribution in [3.8, 4) is 0 Å². The summed E-state index contributed by atoms with van der Waals surface area (Å²) in [6, 6.07) is 1.46. The van der Waals surface area contributed by atoms with Gasteiger partial charge in [-0.2, -0.15) is 0 Å². The number of ketones is 1. The van der Waals surface area contributed by atoms with Gasteiger partial charge in [0.2, 0.25) is 0 Å². The van der Waals surface area contributed by atoms with Crippen LogP contribution in [-0.2, 0) is 16.6 Å². The molecule has 82 valence electrons. The Hall–Kier alpha value is -1.25. The predicted molar refractivity (Wildman–Crippen MR) is 57.3 cm³/mol. The largest absolute Gasteiger partial charge is 0.300 e. The first-order valence-corrected chi connectivity index (χ1v) is 4.95. The molecule has 0 N–H and O–H groups in total. The van der Waals surface area contributed by atoms with Crippen molar-refractivity contribution >= 4 is 5.78 Å². The van der Waals surface area contributed by atoms with Gasteiger partial charge in [0.15, 0.2) is 0 Å². The standard InChI is InChI=1S/C12H16FNO/c1-8(15)5-11-10(12(2,3)4)6-9(13)7-14-11/h6-7H,5H2,1-4H3. The van der Waals surface area contributed by atoms with Gasteiger partial charge in [0.05, 0.1) is 11.9 Å². The van der Waals surface area contributed by atoms with Gasteiger partial charge in [-0.15, -0.1) is 0 Å². The Morgan fingerprint density at radius 3 is 2.53 bits per heavy atom. The molecule has 0 spiro atoms. The molecular weight excluding hydrogens is 193 g/mol. The second kappa shape index (κ2) is 4.09. The average molecular weight is 209 g/mol. The Bertz CT molecular complexity index is 380. The van der Waals surface area contributed by atoms with Crippen LogP contribution in [-0.4, -0.2) is 10.8 Å². The summed E-state index contributed by atoms with van der Waals surface area (Å²) in [5.74, 6) is -0.313. The SMILES string of the molecule is CC(=O)Cc1ncc(F)cc1C(C)(C)C. The van der Waals surface area contributed by atoms with Crippen molar-refractivity contribution in [3.63, 3.8) is 0 Å². The molecule has 0 aliphatic carbocycles. The molecule has 3 heteroatoms. The molecule has 0 aliphatic heterocycles. The van der Waals surface area contributed by atoms with Crippen LogP contribution < -0.4 is 0 Å². The fraction of sp³-hybridized carbons (Fsp3) is 0.500. The van der Waals surface area contributed by atoms with Crippen LogP contribution in [0.15, 0.2) is 12.3 Å². The minimum atomic E-state index is -0.354. The highest BCUT2D eigenvalue weighted by molar-refractivity contribution is 5.78. The van der Waals surface area contributed by atoms with Crippen molar-refractivity contribution in [1.29, 1.82) is 0 Å². The van der Waals surface area contributed by atoms with Crippen LogP contribution in [0.1, 0.15) is 39.0 Å². The fourth-order valence-corrected chi connectivity index (χ4v) is 1.49. The number of hydrogen-bond donors (Lipinski definition) is 0. The van der Waals surface area contributed by atoms with Crippen LogP contribution in [0.2, 0.25) is 0 Å². The molecule has 0 saturated carbocycles. The first-order chi connectivity index (χ1) is 6.80. The van der Waals surface area contributed by atoms with Crippen LogP contribution in [0.5, 0.6) is 0 Å². The van der Waals surface area contributed by atoms with Crippen LogP contribution in [0, 0.1) is 5.82 Å². The third kappa shape index (κ3) is 3.11. The lowest BCUT2D eigenvalue weighted by atomic mass is 9.85. The molecular formula is C12H16FNO. The second-order valence-corrected chi connectivity index (χ2v) is 4.78. The highest BCUT2D eigenvalue weighted by atomic mass is 19.1. The van der Waals surface area contributed by atoms with E-state index in [1.807, 2.05) is 20.8 Å². The Morgan fingerprint density at radius 1 is 1.47 bits per heavy atom. The smallest absolute Gasteiger partial charge is 0.141 e. The minimum Gasteiger partial charge on any atom is -0.300 e. The number of nitrogens with zero attached hydrogens (tertiary/aromatic N) is 1. The number of carbonyl (C=O) groups is 1. The number of rotatable bonds is 2. The zero-order chi connectivity index (χ0) is 11.6. The molecule has 0 saturated heterocycles. The van der Waals surface area contributed by atoms with Gasteiger partial charge in [-0.3, -0.25) is 9.78 Å². The van der Waals surface area contributed by atoms with Crippen LogP contribution in [0.4, 0.5) is 4.39 Å². The summed E-state index contributed by atoms with van der Waals surface area (Å²) >= 11 is 0. The van der Waals surface area contributed by atoms with Crippen LogP contribution in [0.25, 0.3) is 0 Å². The first kappa shape index (κ1) is 11.8. The van der Waals surface area contributed by atoms with Gasteiger partial charge in [-0.1, -0.05) is 20.8 Å². The molecule has 0 aromatic carbocycles. The van der Waals surface area contributed by atoms with Crippen molar-refractivity contribution in [3.05, 3.63) is 29.3 Å². The van der Waals surface area contributed by atoms with E-state index in [0.717, 1.165) is 11.8 Å². The van der Waals surface area contributed by atoms with Gasteiger partial charge >= 0.3 is 0 Å². The highest BCUT2D eigenvalue weighted by Crippen LogP contribution is 2.25. The van der Waals surface area contributed by atoms with E-state index in [1.165, 1.54) is 13.0 Å². The lowest BCUT2D eigenvalue weighted by Gasteiger charge is -2.21. The molecule has 0 unspecified atom stereocenters. The number of halogens is 1. The first-order valence-electron chi connectivity index (χ1n) is 4.95.